The normalized spacial score (nSPS) is 9.84. The smallest absolute Gasteiger partial charge is 0.337 e. The van der Waals surface area contributed by atoms with Crippen molar-refractivity contribution < 1.29 is 19.1 Å². The number of ether oxygens (including phenoxy) is 1. The van der Waals surface area contributed by atoms with E-state index in [0.717, 1.165) is 0 Å². The van der Waals surface area contributed by atoms with Gasteiger partial charge in [0.05, 0.1) is 19.2 Å². The molecule has 0 bridgehead atoms. The third-order valence-electron chi connectivity index (χ3n) is 3.23. The zero-order chi connectivity index (χ0) is 18.2. The molecular weight excluding hydrogens is 322 g/mol. The highest BCUT2D eigenvalue weighted by molar-refractivity contribution is 5.95. The summed E-state index contributed by atoms with van der Waals surface area (Å²) in [6.45, 7) is 1.47. The minimum absolute atomic E-state index is 0.0575. The fraction of sp³-hybridized carbons (Fsp3) is 0.167. The summed E-state index contributed by atoms with van der Waals surface area (Å²) < 4.78 is 4.62. The first kappa shape index (κ1) is 18.0. The van der Waals surface area contributed by atoms with Gasteiger partial charge in [0.15, 0.2) is 0 Å². The molecule has 0 saturated heterocycles. The third-order valence-corrected chi connectivity index (χ3v) is 3.23. The van der Waals surface area contributed by atoms with Crippen molar-refractivity contribution in [2.24, 2.45) is 0 Å². The molecule has 0 atom stereocenters. The number of rotatable bonds is 6. The van der Waals surface area contributed by atoms with Gasteiger partial charge in [-0.3, -0.25) is 9.59 Å². The van der Waals surface area contributed by atoms with Crippen molar-refractivity contribution in [3.05, 3.63) is 54.1 Å². The fourth-order valence-corrected chi connectivity index (χ4v) is 2.11. The van der Waals surface area contributed by atoms with Gasteiger partial charge < -0.3 is 20.7 Å². The van der Waals surface area contributed by atoms with Crippen LogP contribution in [0.25, 0.3) is 0 Å². The Bertz CT molecular complexity index is 772. The van der Waals surface area contributed by atoms with Crippen molar-refractivity contribution in [2.75, 3.05) is 29.6 Å². The highest BCUT2D eigenvalue weighted by Crippen LogP contribution is 2.15. The summed E-state index contributed by atoms with van der Waals surface area (Å²) in [7, 11) is 1.32. The van der Waals surface area contributed by atoms with E-state index in [2.05, 4.69) is 20.7 Å². The van der Waals surface area contributed by atoms with Crippen molar-refractivity contribution in [1.29, 1.82) is 0 Å². The first-order chi connectivity index (χ1) is 12.0. The summed E-state index contributed by atoms with van der Waals surface area (Å²) in [6.07, 6.45) is 0. The summed E-state index contributed by atoms with van der Waals surface area (Å²) in [4.78, 5) is 34.4. The summed E-state index contributed by atoms with van der Waals surface area (Å²) in [6, 6.07) is 13.5. The Hall–Kier alpha value is -3.35. The molecule has 25 heavy (non-hydrogen) atoms. The van der Waals surface area contributed by atoms with Crippen molar-refractivity contribution >= 4 is 34.8 Å². The molecule has 0 unspecified atom stereocenters. The SMILES string of the molecule is COC(=O)c1ccc(NCC(=O)Nc2cccc(NC(C)=O)c2)cc1. The molecule has 0 fully saturated rings. The molecule has 130 valence electrons. The van der Waals surface area contributed by atoms with Crippen LogP contribution < -0.4 is 16.0 Å². The molecule has 7 nitrogen and oxygen atoms in total. The number of carbonyl (C=O) groups is 3. The minimum Gasteiger partial charge on any atom is -0.465 e. The second-order valence-electron chi connectivity index (χ2n) is 5.23. The number of nitrogens with one attached hydrogen (secondary N) is 3. The summed E-state index contributed by atoms with van der Waals surface area (Å²) in [5, 5.41) is 8.35. The highest BCUT2D eigenvalue weighted by Gasteiger charge is 2.06. The predicted molar refractivity (Wildman–Crippen MR) is 95.6 cm³/mol. The maximum absolute atomic E-state index is 12.0. The van der Waals surface area contributed by atoms with Gasteiger partial charge in [0.25, 0.3) is 0 Å². The van der Waals surface area contributed by atoms with E-state index >= 15 is 0 Å². The first-order valence-electron chi connectivity index (χ1n) is 7.57. The molecule has 2 rings (SSSR count). The summed E-state index contributed by atoms with van der Waals surface area (Å²) in [5.41, 5.74) is 2.33. The van der Waals surface area contributed by atoms with Crippen LogP contribution in [0.15, 0.2) is 48.5 Å². The number of hydrogen-bond donors (Lipinski definition) is 3. The Morgan fingerprint density at radius 1 is 0.920 bits per heavy atom. The monoisotopic (exact) mass is 341 g/mol. The molecule has 2 aromatic rings. The molecule has 0 saturated carbocycles. The molecule has 0 radical (unpaired) electrons. The quantitative estimate of drug-likeness (QED) is 0.702. The van der Waals surface area contributed by atoms with E-state index in [1.54, 1.807) is 48.5 Å². The molecule has 0 aliphatic carbocycles. The average molecular weight is 341 g/mol. The molecule has 0 aromatic heterocycles. The Labute approximate surface area is 145 Å². The van der Waals surface area contributed by atoms with Crippen LogP contribution in [0.3, 0.4) is 0 Å². The lowest BCUT2D eigenvalue weighted by Gasteiger charge is -2.09. The van der Waals surface area contributed by atoms with Crippen LogP contribution in [-0.2, 0) is 14.3 Å². The lowest BCUT2D eigenvalue weighted by Crippen LogP contribution is -2.21. The van der Waals surface area contributed by atoms with Gasteiger partial charge in [-0.05, 0) is 42.5 Å². The Morgan fingerprint density at radius 2 is 1.56 bits per heavy atom. The average Bonchev–Trinajstić information content (AvgIpc) is 2.59. The van der Waals surface area contributed by atoms with Gasteiger partial charge in [0.1, 0.15) is 0 Å². The lowest BCUT2D eigenvalue weighted by molar-refractivity contribution is -0.115. The zero-order valence-electron chi connectivity index (χ0n) is 14.0. The number of hydrogen-bond acceptors (Lipinski definition) is 5. The van der Waals surface area contributed by atoms with Crippen LogP contribution in [-0.4, -0.2) is 31.4 Å². The standard InChI is InChI=1S/C18H19N3O4/c1-12(22)20-15-4-3-5-16(10-15)21-17(23)11-19-14-8-6-13(7-9-14)18(24)25-2/h3-10,19H,11H2,1-2H3,(H,20,22)(H,21,23). The summed E-state index contributed by atoms with van der Waals surface area (Å²) >= 11 is 0. The molecule has 7 heteroatoms. The molecule has 0 spiro atoms. The molecule has 3 N–H and O–H groups in total. The highest BCUT2D eigenvalue weighted by atomic mass is 16.5. The van der Waals surface area contributed by atoms with Crippen molar-refractivity contribution in [1.82, 2.24) is 0 Å². The topological polar surface area (TPSA) is 96.5 Å². The maximum Gasteiger partial charge on any atom is 0.337 e. The van der Waals surface area contributed by atoms with Crippen LogP contribution in [0.4, 0.5) is 17.1 Å². The van der Waals surface area contributed by atoms with Gasteiger partial charge in [-0.15, -0.1) is 0 Å². The van der Waals surface area contributed by atoms with E-state index in [1.165, 1.54) is 14.0 Å². The number of benzene rings is 2. The van der Waals surface area contributed by atoms with Crippen molar-refractivity contribution in [3.63, 3.8) is 0 Å². The molecule has 2 amide bonds. The Morgan fingerprint density at radius 3 is 2.16 bits per heavy atom. The number of carbonyl (C=O) groups excluding carboxylic acids is 3. The molecule has 2 aromatic carbocycles. The van der Waals surface area contributed by atoms with E-state index in [0.29, 0.717) is 22.6 Å². The van der Waals surface area contributed by atoms with Crippen molar-refractivity contribution in [2.45, 2.75) is 6.92 Å². The second-order valence-corrected chi connectivity index (χ2v) is 5.23. The van der Waals surface area contributed by atoms with Crippen LogP contribution in [0.1, 0.15) is 17.3 Å². The Kier molecular flexibility index (Phi) is 6.11. The van der Waals surface area contributed by atoms with E-state index in [1.807, 2.05) is 0 Å². The van der Waals surface area contributed by atoms with Gasteiger partial charge in [-0.2, -0.15) is 0 Å². The van der Waals surface area contributed by atoms with Gasteiger partial charge in [0, 0.05) is 24.0 Å². The summed E-state index contributed by atoms with van der Waals surface area (Å²) in [5.74, 6) is -0.832. The third kappa shape index (κ3) is 5.65. The number of amides is 2. The molecule has 0 heterocycles. The number of esters is 1. The second kappa shape index (κ2) is 8.49. The van der Waals surface area contributed by atoms with Gasteiger partial charge in [-0.25, -0.2) is 4.79 Å². The maximum atomic E-state index is 12.0. The number of methoxy groups -OCH3 is 1. The first-order valence-corrected chi connectivity index (χ1v) is 7.57. The lowest BCUT2D eigenvalue weighted by atomic mass is 10.2. The van der Waals surface area contributed by atoms with Crippen LogP contribution in [0, 0.1) is 0 Å². The zero-order valence-corrected chi connectivity index (χ0v) is 14.0. The number of anilines is 3. The van der Waals surface area contributed by atoms with E-state index in [9.17, 15) is 14.4 Å². The molecular formula is C18H19N3O4. The van der Waals surface area contributed by atoms with Gasteiger partial charge in [-0.1, -0.05) is 6.07 Å². The van der Waals surface area contributed by atoms with E-state index in [4.69, 9.17) is 0 Å². The fourth-order valence-electron chi connectivity index (χ4n) is 2.11. The molecule has 0 aliphatic rings. The van der Waals surface area contributed by atoms with Gasteiger partial charge >= 0.3 is 5.97 Å². The predicted octanol–water partition coefficient (Wildman–Crippen LogP) is 2.48. The van der Waals surface area contributed by atoms with Crippen LogP contribution >= 0.6 is 0 Å². The van der Waals surface area contributed by atoms with E-state index < -0.39 is 5.97 Å². The molecule has 0 aliphatic heterocycles. The largest absolute Gasteiger partial charge is 0.465 e. The van der Waals surface area contributed by atoms with Crippen LogP contribution in [0.5, 0.6) is 0 Å². The Balaban J connectivity index is 1.88. The van der Waals surface area contributed by atoms with E-state index in [-0.39, 0.29) is 18.4 Å². The minimum atomic E-state index is -0.414. The van der Waals surface area contributed by atoms with Gasteiger partial charge in [0.2, 0.25) is 11.8 Å². The van der Waals surface area contributed by atoms with Crippen molar-refractivity contribution in [3.8, 4) is 0 Å². The van der Waals surface area contributed by atoms with Crippen LogP contribution in [0.2, 0.25) is 0 Å².